The molecule has 4 aliphatic rings. The summed E-state index contributed by atoms with van der Waals surface area (Å²) in [5, 5.41) is 0. The second-order valence-corrected chi connectivity index (χ2v) is 13.5. The van der Waals surface area contributed by atoms with E-state index in [1.54, 1.807) is 5.57 Å². The minimum Gasteiger partial charge on any atom is -0.321 e. The van der Waals surface area contributed by atoms with Gasteiger partial charge in [-0.05, 0) is 91.8 Å². The quantitative estimate of drug-likeness (QED) is 0.355. The number of rotatable bonds is 5. The molecule has 0 bridgehead atoms. The van der Waals surface area contributed by atoms with Crippen LogP contribution in [-0.2, 0) is 0 Å². The topological polar surface area (TPSA) is 26.0 Å². The van der Waals surface area contributed by atoms with Crippen molar-refractivity contribution in [3.8, 4) is 0 Å². The summed E-state index contributed by atoms with van der Waals surface area (Å²) < 4.78 is 0. The van der Waals surface area contributed by atoms with E-state index < -0.39 is 0 Å². The van der Waals surface area contributed by atoms with Crippen LogP contribution >= 0.6 is 0 Å². The van der Waals surface area contributed by atoms with Crippen LogP contribution in [0, 0.1) is 34.0 Å². The van der Waals surface area contributed by atoms with Crippen molar-refractivity contribution in [2.24, 2.45) is 39.7 Å². The molecule has 0 aromatic heterocycles. The Balaban J connectivity index is 1.62. The van der Waals surface area contributed by atoms with Gasteiger partial charge in [-0.1, -0.05) is 84.8 Å². The summed E-state index contributed by atoms with van der Waals surface area (Å²) in [6, 6.07) is 0. The van der Waals surface area contributed by atoms with Crippen molar-refractivity contribution in [3.05, 3.63) is 11.1 Å². The number of hydrogen-bond acceptors (Lipinski definition) is 1. The first-order valence-electron chi connectivity index (χ1n) is 13.6. The first kappa shape index (κ1) is 22.9. The summed E-state index contributed by atoms with van der Waals surface area (Å²) >= 11 is 0. The number of nitrogens with two attached hydrogens (primary N) is 1. The minimum absolute atomic E-state index is 0.0167. The molecule has 0 aliphatic heterocycles. The van der Waals surface area contributed by atoms with Gasteiger partial charge in [-0.15, -0.1) is 0 Å². The smallest absolute Gasteiger partial charge is 0.0428 e. The van der Waals surface area contributed by atoms with Gasteiger partial charge in [0, 0.05) is 5.54 Å². The molecule has 1 nitrogen and oxygen atoms in total. The van der Waals surface area contributed by atoms with Crippen LogP contribution in [0.15, 0.2) is 11.1 Å². The maximum Gasteiger partial charge on any atom is 0.0428 e. The van der Waals surface area contributed by atoms with Crippen LogP contribution in [0.4, 0.5) is 0 Å². The average Bonchev–Trinajstić information content (AvgIpc) is 2.65. The first-order valence-corrected chi connectivity index (χ1v) is 13.6. The molecule has 0 heterocycles. The van der Waals surface area contributed by atoms with Crippen LogP contribution in [-0.4, -0.2) is 5.54 Å². The maximum absolute atomic E-state index is 7.59. The summed E-state index contributed by atoms with van der Waals surface area (Å²) in [7, 11) is 0. The molecule has 0 amide bonds. The normalized spacial score (nSPS) is 43.2. The van der Waals surface area contributed by atoms with Crippen LogP contribution in [0.2, 0.25) is 0 Å². The van der Waals surface area contributed by atoms with E-state index in [4.69, 9.17) is 5.73 Å². The molecular weight excluding hydrogens is 362 g/mol. The fourth-order valence-corrected chi connectivity index (χ4v) is 9.21. The zero-order valence-corrected chi connectivity index (χ0v) is 21.2. The maximum atomic E-state index is 7.59. The van der Waals surface area contributed by atoms with Crippen LogP contribution < -0.4 is 5.73 Å². The zero-order valence-electron chi connectivity index (χ0n) is 21.2. The highest BCUT2D eigenvalue weighted by Gasteiger charge is 2.60. The van der Waals surface area contributed by atoms with E-state index in [2.05, 4.69) is 41.5 Å². The van der Waals surface area contributed by atoms with E-state index in [-0.39, 0.29) is 5.54 Å². The number of fused-ring (bicyclic) bond motifs is 4. The lowest BCUT2D eigenvalue weighted by Crippen LogP contribution is -2.64. The highest BCUT2D eigenvalue weighted by molar-refractivity contribution is 5.41. The van der Waals surface area contributed by atoms with E-state index in [0.29, 0.717) is 16.2 Å². The van der Waals surface area contributed by atoms with Crippen LogP contribution in [0.5, 0.6) is 0 Å². The van der Waals surface area contributed by atoms with Gasteiger partial charge < -0.3 is 5.73 Å². The predicted octanol–water partition coefficient (Wildman–Crippen LogP) is 8.42. The molecule has 2 N–H and O–H groups in total. The zero-order chi connectivity index (χ0) is 21.8. The van der Waals surface area contributed by atoms with E-state index in [0.717, 1.165) is 17.8 Å². The van der Waals surface area contributed by atoms with Gasteiger partial charge in [0.25, 0.3) is 0 Å². The molecule has 2 saturated carbocycles. The molecule has 4 rings (SSSR count). The minimum atomic E-state index is -0.0167. The van der Waals surface area contributed by atoms with Crippen molar-refractivity contribution < 1.29 is 0 Å². The van der Waals surface area contributed by atoms with Crippen LogP contribution in [0.25, 0.3) is 0 Å². The Morgan fingerprint density at radius 2 is 1.63 bits per heavy atom. The molecular formula is C29H51N. The monoisotopic (exact) mass is 413 g/mol. The Hall–Kier alpha value is -0.300. The third-order valence-electron chi connectivity index (χ3n) is 11.0. The van der Waals surface area contributed by atoms with Gasteiger partial charge in [-0.25, -0.2) is 0 Å². The largest absolute Gasteiger partial charge is 0.321 e. The predicted molar refractivity (Wildman–Crippen MR) is 130 cm³/mol. The molecule has 0 aromatic carbocycles. The lowest BCUT2D eigenvalue weighted by atomic mass is 9.42. The van der Waals surface area contributed by atoms with E-state index in [1.807, 2.05) is 5.57 Å². The van der Waals surface area contributed by atoms with Gasteiger partial charge in [0.1, 0.15) is 0 Å². The highest BCUT2D eigenvalue weighted by Crippen LogP contribution is 2.67. The summed E-state index contributed by atoms with van der Waals surface area (Å²) in [4.78, 5) is 0. The molecule has 5 atom stereocenters. The summed E-state index contributed by atoms with van der Waals surface area (Å²) in [6.45, 7) is 15.1. The van der Waals surface area contributed by atoms with Gasteiger partial charge in [0.2, 0.25) is 0 Å². The molecule has 0 aromatic rings. The lowest BCUT2D eigenvalue weighted by molar-refractivity contribution is -0.0299. The SMILES string of the molecule is CC(C)CCCCC1CCC[C@@]2(N)C3=C(CCC12C)C1(C)CCCC(C)(C)[C@@H]1CC3. The fourth-order valence-electron chi connectivity index (χ4n) is 9.21. The molecule has 30 heavy (non-hydrogen) atoms. The second-order valence-electron chi connectivity index (χ2n) is 13.5. The number of hydrogen-bond donors (Lipinski definition) is 1. The van der Waals surface area contributed by atoms with Gasteiger partial charge in [-0.2, -0.15) is 0 Å². The van der Waals surface area contributed by atoms with Crippen molar-refractivity contribution >= 4 is 0 Å². The Kier molecular flexibility index (Phi) is 6.05. The second kappa shape index (κ2) is 7.93. The molecule has 2 fully saturated rings. The van der Waals surface area contributed by atoms with Gasteiger partial charge in [-0.3, -0.25) is 0 Å². The van der Waals surface area contributed by atoms with Crippen molar-refractivity contribution in [3.63, 3.8) is 0 Å². The Bertz CT molecular complexity index is 672. The van der Waals surface area contributed by atoms with E-state index in [9.17, 15) is 0 Å². The molecule has 0 radical (unpaired) electrons. The highest BCUT2D eigenvalue weighted by atomic mass is 14.8. The van der Waals surface area contributed by atoms with Crippen molar-refractivity contribution in [2.45, 2.75) is 137 Å². The van der Waals surface area contributed by atoms with Crippen molar-refractivity contribution in [1.82, 2.24) is 0 Å². The Morgan fingerprint density at radius 1 is 0.867 bits per heavy atom. The summed E-state index contributed by atoms with van der Waals surface area (Å²) in [5.74, 6) is 2.55. The summed E-state index contributed by atoms with van der Waals surface area (Å²) in [5.41, 5.74) is 12.4. The molecule has 0 spiro atoms. The Morgan fingerprint density at radius 3 is 2.37 bits per heavy atom. The fraction of sp³-hybridized carbons (Fsp3) is 0.931. The van der Waals surface area contributed by atoms with Gasteiger partial charge in [0.05, 0.1) is 0 Å². The van der Waals surface area contributed by atoms with Crippen LogP contribution in [0.3, 0.4) is 0 Å². The molecule has 1 heteroatoms. The molecule has 0 saturated heterocycles. The van der Waals surface area contributed by atoms with Crippen molar-refractivity contribution in [1.29, 1.82) is 0 Å². The standard InChI is InChI=1S/C29H51N/c1-21(2)11-7-8-12-22-13-9-19-29(30)24-14-15-25-26(3,4)17-10-18-27(25,5)23(24)16-20-28(22,29)6/h21-22,25H,7-20,30H2,1-6H3/t22?,25-,27?,28?,29+/m0/s1. The molecule has 172 valence electrons. The third-order valence-corrected chi connectivity index (χ3v) is 11.0. The van der Waals surface area contributed by atoms with Gasteiger partial charge in [0.15, 0.2) is 0 Å². The first-order chi connectivity index (χ1) is 14.0. The van der Waals surface area contributed by atoms with Crippen LogP contribution in [0.1, 0.15) is 131 Å². The average molecular weight is 414 g/mol. The van der Waals surface area contributed by atoms with E-state index >= 15 is 0 Å². The number of allylic oxidation sites excluding steroid dienone is 1. The Labute approximate surface area is 188 Å². The molecule has 3 unspecified atom stereocenters. The van der Waals surface area contributed by atoms with E-state index in [1.165, 1.54) is 89.9 Å². The lowest BCUT2D eigenvalue weighted by Gasteiger charge is -2.64. The molecule has 4 aliphatic carbocycles. The number of unbranched alkanes of at least 4 members (excludes halogenated alkanes) is 1. The van der Waals surface area contributed by atoms with Gasteiger partial charge >= 0.3 is 0 Å². The third kappa shape index (κ3) is 3.45. The van der Waals surface area contributed by atoms with Crippen molar-refractivity contribution in [2.75, 3.05) is 0 Å². The summed E-state index contributed by atoms with van der Waals surface area (Å²) in [6.07, 6.45) is 19.2.